The van der Waals surface area contributed by atoms with Crippen LogP contribution in [-0.4, -0.2) is 40.8 Å². The number of hydrogen-bond acceptors (Lipinski definition) is 5. The molecule has 0 spiro atoms. The minimum absolute atomic E-state index is 0.574. The van der Waals surface area contributed by atoms with Crippen LogP contribution in [0.5, 0.6) is 5.75 Å². The van der Waals surface area contributed by atoms with Gasteiger partial charge in [0.05, 0.1) is 19.8 Å². The van der Waals surface area contributed by atoms with E-state index in [1.165, 1.54) is 0 Å². The summed E-state index contributed by atoms with van der Waals surface area (Å²) < 4.78 is 13.1. The van der Waals surface area contributed by atoms with Crippen LogP contribution in [0.2, 0.25) is 5.02 Å². The molecule has 0 aliphatic carbocycles. The van der Waals surface area contributed by atoms with Crippen LogP contribution in [0.4, 0.5) is 0 Å². The molecule has 5 nitrogen and oxygen atoms in total. The fourth-order valence-electron chi connectivity index (χ4n) is 2.40. The van der Waals surface area contributed by atoms with Gasteiger partial charge in [-0.25, -0.2) is 0 Å². The Hall–Kier alpha value is -2.02. The van der Waals surface area contributed by atoms with Crippen LogP contribution < -0.4 is 4.74 Å². The van der Waals surface area contributed by atoms with E-state index in [1.54, 1.807) is 18.9 Å². The summed E-state index contributed by atoms with van der Waals surface area (Å²) >= 11 is 7.50. The number of rotatable bonds is 9. The number of nitrogens with zero attached hydrogens (tertiary/aromatic N) is 3. The van der Waals surface area contributed by atoms with Crippen molar-refractivity contribution < 1.29 is 9.47 Å². The van der Waals surface area contributed by atoms with Gasteiger partial charge < -0.3 is 9.47 Å². The molecule has 0 aliphatic rings. The zero-order valence-corrected chi connectivity index (χ0v) is 16.0. The number of benzene rings is 2. The van der Waals surface area contributed by atoms with E-state index in [-0.39, 0.29) is 0 Å². The summed E-state index contributed by atoms with van der Waals surface area (Å²) in [5.41, 5.74) is 1.04. The molecule has 0 saturated carbocycles. The summed E-state index contributed by atoms with van der Waals surface area (Å²) in [6.07, 6.45) is 0. The second-order valence-corrected chi connectivity index (χ2v) is 6.97. The van der Waals surface area contributed by atoms with Gasteiger partial charge in [0.25, 0.3) is 0 Å². The van der Waals surface area contributed by atoms with Crippen molar-refractivity contribution in [2.45, 2.75) is 11.7 Å². The molecule has 0 radical (unpaired) electrons. The highest BCUT2D eigenvalue weighted by Crippen LogP contribution is 2.24. The Morgan fingerprint density at radius 1 is 1.00 bits per heavy atom. The zero-order chi connectivity index (χ0) is 18.2. The fourth-order valence-corrected chi connectivity index (χ4v) is 3.31. The first-order chi connectivity index (χ1) is 12.8. The third-order valence-electron chi connectivity index (χ3n) is 3.66. The van der Waals surface area contributed by atoms with Crippen LogP contribution >= 0.6 is 23.4 Å². The van der Waals surface area contributed by atoms with Crippen LogP contribution in [-0.2, 0) is 11.3 Å². The maximum Gasteiger partial charge on any atom is 0.191 e. The van der Waals surface area contributed by atoms with Crippen molar-refractivity contribution in [2.75, 3.05) is 26.1 Å². The van der Waals surface area contributed by atoms with E-state index in [1.807, 2.05) is 54.6 Å². The van der Waals surface area contributed by atoms with Crippen LogP contribution in [0.3, 0.4) is 0 Å². The SMILES string of the molecule is COCCn1c(SCCOc2ccc(Cl)cc2)nnc1-c1ccccc1. The molecule has 3 rings (SSSR count). The Kier molecular flexibility index (Phi) is 6.94. The van der Waals surface area contributed by atoms with E-state index in [2.05, 4.69) is 14.8 Å². The quantitative estimate of drug-likeness (QED) is 0.400. The van der Waals surface area contributed by atoms with Crippen molar-refractivity contribution in [3.63, 3.8) is 0 Å². The number of ether oxygens (including phenoxy) is 2. The highest BCUT2D eigenvalue weighted by atomic mass is 35.5. The highest BCUT2D eigenvalue weighted by Gasteiger charge is 2.14. The molecule has 1 aromatic heterocycles. The topological polar surface area (TPSA) is 49.2 Å². The van der Waals surface area contributed by atoms with Gasteiger partial charge in [-0.1, -0.05) is 53.7 Å². The third-order valence-corrected chi connectivity index (χ3v) is 4.85. The second kappa shape index (κ2) is 9.62. The first-order valence-electron chi connectivity index (χ1n) is 8.26. The molecule has 26 heavy (non-hydrogen) atoms. The Bertz CT molecular complexity index is 809. The first kappa shape index (κ1) is 18.8. The molecule has 2 aromatic carbocycles. The van der Waals surface area contributed by atoms with Crippen LogP contribution in [0.1, 0.15) is 0 Å². The molecule has 7 heteroatoms. The largest absolute Gasteiger partial charge is 0.493 e. The van der Waals surface area contributed by atoms with Gasteiger partial charge in [-0.05, 0) is 24.3 Å². The number of methoxy groups -OCH3 is 1. The molecule has 0 fully saturated rings. The van der Waals surface area contributed by atoms with Gasteiger partial charge >= 0.3 is 0 Å². The standard InChI is InChI=1S/C19H20ClN3O2S/c1-24-12-11-23-18(15-5-3-2-4-6-15)21-22-19(23)26-14-13-25-17-9-7-16(20)8-10-17/h2-10H,11-14H2,1H3. The normalized spacial score (nSPS) is 10.8. The summed E-state index contributed by atoms with van der Waals surface area (Å²) in [6.45, 7) is 1.88. The molecule has 0 bridgehead atoms. The average Bonchev–Trinajstić information content (AvgIpc) is 3.08. The van der Waals surface area contributed by atoms with Gasteiger partial charge in [0.15, 0.2) is 11.0 Å². The third kappa shape index (κ3) is 5.00. The molecule has 1 heterocycles. The summed E-state index contributed by atoms with van der Waals surface area (Å²) in [6, 6.07) is 17.4. The van der Waals surface area contributed by atoms with Crippen LogP contribution in [0.15, 0.2) is 59.8 Å². The predicted molar refractivity (Wildman–Crippen MR) is 105 cm³/mol. The van der Waals surface area contributed by atoms with E-state index in [9.17, 15) is 0 Å². The monoisotopic (exact) mass is 389 g/mol. The maximum atomic E-state index is 5.88. The Labute approximate surface area is 162 Å². The Balaban J connectivity index is 1.63. The molecule has 0 saturated heterocycles. The minimum atomic E-state index is 0.574. The summed E-state index contributed by atoms with van der Waals surface area (Å²) in [5.74, 6) is 2.42. The Morgan fingerprint density at radius 2 is 1.77 bits per heavy atom. The number of halogens is 1. The van der Waals surface area contributed by atoms with Crippen LogP contribution in [0.25, 0.3) is 11.4 Å². The molecule has 0 aliphatic heterocycles. The molecular weight excluding hydrogens is 370 g/mol. The van der Waals surface area contributed by atoms with Crippen molar-refractivity contribution in [2.24, 2.45) is 0 Å². The predicted octanol–water partition coefficient (Wildman–Crippen LogP) is 4.42. The second-order valence-electron chi connectivity index (χ2n) is 5.47. The minimum Gasteiger partial charge on any atom is -0.493 e. The molecule has 0 atom stereocenters. The lowest BCUT2D eigenvalue weighted by Crippen LogP contribution is -2.08. The highest BCUT2D eigenvalue weighted by molar-refractivity contribution is 7.99. The van der Waals surface area contributed by atoms with Gasteiger partial charge in [-0.3, -0.25) is 4.57 Å². The smallest absolute Gasteiger partial charge is 0.191 e. The lowest BCUT2D eigenvalue weighted by atomic mass is 10.2. The molecule has 0 unspecified atom stereocenters. The molecular formula is C19H20ClN3O2S. The van der Waals surface area contributed by atoms with E-state index in [0.717, 1.165) is 28.0 Å². The van der Waals surface area contributed by atoms with Crippen molar-refractivity contribution in [3.05, 3.63) is 59.6 Å². The number of thioether (sulfide) groups is 1. The Morgan fingerprint density at radius 3 is 2.50 bits per heavy atom. The van der Waals surface area contributed by atoms with Gasteiger partial charge in [0.2, 0.25) is 0 Å². The molecule has 0 N–H and O–H groups in total. The first-order valence-corrected chi connectivity index (χ1v) is 9.63. The zero-order valence-electron chi connectivity index (χ0n) is 14.5. The summed E-state index contributed by atoms with van der Waals surface area (Å²) in [5, 5.41) is 10.3. The lowest BCUT2D eigenvalue weighted by Gasteiger charge is -2.10. The fraction of sp³-hybridized carbons (Fsp3) is 0.263. The van der Waals surface area contributed by atoms with Gasteiger partial charge in [0.1, 0.15) is 5.75 Å². The van der Waals surface area contributed by atoms with Crippen molar-refractivity contribution in [1.82, 2.24) is 14.8 Å². The maximum absolute atomic E-state index is 5.88. The van der Waals surface area contributed by atoms with Gasteiger partial charge in [-0.2, -0.15) is 0 Å². The van der Waals surface area contributed by atoms with E-state index >= 15 is 0 Å². The lowest BCUT2D eigenvalue weighted by molar-refractivity contribution is 0.185. The van der Waals surface area contributed by atoms with Crippen molar-refractivity contribution in [1.29, 1.82) is 0 Å². The summed E-state index contributed by atoms with van der Waals surface area (Å²) in [4.78, 5) is 0. The van der Waals surface area contributed by atoms with Crippen LogP contribution in [0, 0.1) is 0 Å². The van der Waals surface area contributed by atoms with Gasteiger partial charge in [0, 0.05) is 23.4 Å². The van der Waals surface area contributed by atoms with Crippen molar-refractivity contribution >= 4 is 23.4 Å². The van der Waals surface area contributed by atoms with E-state index in [4.69, 9.17) is 21.1 Å². The number of aromatic nitrogens is 3. The number of hydrogen-bond donors (Lipinski definition) is 0. The van der Waals surface area contributed by atoms with E-state index in [0.29, 0.717) is 24.8 Å². The molecule has 136 valence electrons. The average molecular weight is 390 g/mol. The van der Waals surface area contributed by atoms with E-state index < -0.39 is 0 Å². The van der Waals surface area contributed by atoms with Gasteiger partial charge in [-0.15, -0.1) is 10.2 Å². The molecule has 0 amide bonds. The van der Waals surface area contributed by atoms with Crippen molar-refractivity contribution in [3.8, 4) is 17.1 Å². The molecule has 3 aromatic rings. The summed E-state index contributed by atoms with van der Waals surface area (Å²) in [7, 11) is 1.69.